The van der Waals surface area contributed by atoms with Crippen LogP contribution < -0.4 is 16.4 Å². The normalized spacial score (nSPS) is 18.2. The molecule has 0 radical (unpaired) electrons. The Kier molecular flexibility index (Phi) is 8.23. The smallest absolute Gasteiger partial charge is 0.346 e. The van der Waals surface area contributed by atoms with E-state index in [1.165, 1.54) is 13.0 Å². The molecule has 0 saturated heterocycles. The number of amides is 2. The monoisotopic (exact) mass is 486 g/mol. The first-order valence-electron chi connectivity index (χ1n) is 11.7. The molecule has 1 aromatic carbocycles. The van der Waals surface area contributed by atoms with Crippen LogP contribution in [-0.4, -0.2) is 56.1 Å². The number of likely N-dealkylation sites (N-methyl/N-ethyl adjacent to an activating group) is 1. The summed E-state index contributed by atoms with van der Waals surface area (Å²) in [7, 11) is 3.69. The van der Waals surface area contributed by atoms with Crippen LogP contribution in [0, 0.1) is 23.6 Å². The number of halogens is 4. The molecule has 6 nitrogen and oxygen atoms in total. The van der Waals surface area contributed by atoms with E-state index < -0.39 is 42.3 Å². The van der Waals surface area contributed by atoms with E-state index in [1.54, 1.807) is 0 Å². The summed E-state index contributed by atoms with van der Waals surface area (Å²) in [6.07, 6.45) is 0.131. The fraction of sp³-hybridized carbons (Fsp3) is 0.667. The van der Waals surface area contributed by atoms with Gasteiger partial charge in [0.05, 0.1) is 17.6 Å². The van der Waals surface area contributed by atoms with E-state index in [0.29, 0.717) is 30.4 Å². The Morgan fingerprint density at radius 2 is 1.71 bits per heavy atom. The van der Waals surface area contributed by atoms with Crippen molar-refractivity contribution in [1.82, 2.24) is 10.2 Å². The maximum atomic E-state index is 15.0. The van der Waals surface area contributed by atoms with E-state index in [-0.39, 0.29) is 17.2 Å². The van der Waals surface area contributed by atoms with Crippen LogP contribution in [0.2, 0.25) is 0 Å². The molecule has 34 heavy (non-hydrogen) atoms. The van der Waals surface area contributed by atoms with E-state index in [2.05, 4.69) is 5.32 Å². The van der Waals surface area contributed by atoms with E-state index >= 15 is 4.39 Å². The maximum absolute atomic E-state index is 15.0. The molecule has 2 aliphatic carbocycles. The molecule has 4 N–H and O–H groups in total. The largest absolute Gasteiger partial charge is 0.405 e. The number of rotatable bonds is 11. The first-order valence-corrected chi connectivity index (χ1v) is 11.7. The molecule has 190 valence electrons. The minimum atomic E-state index is -4.54. The maximum Gasteiger partial charge on any atom is 0.405 e. The molecule has 0 bridgehead atoms. The minimum Gasteiger partial charge on any atom is -0.346 e. The van der Waals surface area contributed by atoms with Crippen LogP contribution in [0.4, 0.5) is 23.2 Å². The lowest BCUT2D eigenvalue weighted by Gasteiger charge is -2.24. The van der Waals surface area contributed by atoms with Crippen molar-refractivity contribution in [2.45, 2.75) is 57.2 Å². The number of carbonyl (C=O) groups is 2. The van der Waals surface area contributed by atoms with Crippen LogP contribution in [0.5, 0.6) is 0 Å². The van der Waals surface area contributed by atoms with Crippen molar-refractivity contribution in [2.24, 2.45) is 23.5 Å². The van der Waals surface area contributed by atoms with Gasteiger partial charge >= 0.3 is 6.18 Å². The van der Waals surface area contributed by atoms with E-state index in [1.807, 2.05) is 24.3 Å². The molecule has 0 aliphatic heterocycles. The van der Waals surface area contributed by atoms with E-state index in [9.17, 15) is 22.8 Å². The number of benzene rings is 1. The number of alkyl halides is 3. The standard InChI is InChI=1S/C24H34F4N4O2/c1-13(22(33)30-12-24(26,27)28)17-11-18(25)19(10-16(17)8-9-32(2)3)31-23(34)21(29)20(14-4-5-14)15-6-7-15/h10-11,13-15,20-21H,4-9,12,29H2,1-3H3,(H,30,33)(H,31,34)/t13-,21-/m0/s1. The average molecular weight is 487 g/mol. The van der Waals surface area contributed by atoms with Gasteiger partial charge in [0.1, 0.15) is 12.4 Å². The van der Waals surface area contributed by atoms with Crippen molar-refractivity contribution in [1.29, 1.82) is 0 Å². The third-order valence-electron chi connectivity index (χ3n) is 6.69. The molecule has 0 aromatic heterocycles. The van der Waals surface area contributed by atoms with Gasteiger partial charge in [0, 0.05) is 6.54 Å². The highest BCUT2D eigenvalue weighted by Crippen LogP contribution is 2.50. The lowest BCUT2D eigenvalue weighted by molar-refractivity contribution is -0.139. The Bertz CT molecular complexity index is 886. The summed E-state index contributed by atoms with van der Waals surface area (Å²) in [6, 6.07) is 1.87. The molecule has 2 atom stereocenters. The molecule has 0 spiro atoms. The van der Waals surface area contributed by atoms with E-state index in [4.69, 9.17) is 5.73 Å². The number of anilines is 1. The number of hydrogen-bond acceptors (Lipinski definition) is 4. The first-order chi connectivity index (χ1) is 15.9. The fourth-order valence-electron chi connectivity index (χ4n) is 4.50. The Labute approximate surface area is 197 Å². The second-order valence-corrected chi connectivity index (χ2v) is 9.91. The van der Waals surface area contributed by atoms with Crippen LogP contribution >= 0.6 is 0 Å². The number of nitrogens with two attached hydrogens (primary N) is 1. The van der Waals surface area contributed by atoms with Crippen molar-refractivity contribution in [3.63, 3.8) is 0 Å². The molecule has 2 amide bonds. The Hall–Kier alpha value is -2.20. The highest BCUT2D eigenvalue weighted by atomic mass is 19.4. The van der Waals surface area contributed by atoms with Gasteiger partial charge in [-0.2, -0.15) is 13.2 Å². The first kappa shape index (κ1) is 26.4. The molecule has 2 saturated carbocycles. The molecular weight excluding hydrogens is 452 g/mol. The molecule has 3 rings (SSSR count). The zero-order valence-corrected chi connectivity index (χ0v) is 19.8. The number of hydrogen-bond donors (Lipinski definition) is 3. The predicted octanol–water partition coefficient (Wildman–Crippen LogP) is 3.41. The number of nitrogens with zero attached hydrogens (tertiary/aromatic N) is 1. The summed E-state index contributed by atoms with van der Waals surface area (Å²) in [6.45, 7) is 0.540. The van der Waals surface area contributed by atoms with Crippen molar-refractivity contribution in [3.8, 4) is 0 Å². The zero-order chi connectivity index (χ0) is 25.2. The average Bonchev–Trinajstić information content (AvgIpc) is 3.66. The molecular formula is C24H34F4N4O2. The third kappa shape index (κ3) is 7.15. The molecule has 10 heteroatoms. The topological polar surface area (TPSA) is 87.5 Å². The molecule has 1 aromatic rings. The van der Waals surface area contributed by atoms with Crippen molar-refractivity contribution < 1.29 is 27.2 Å². The van der Waals surface area contributed by atoms with Gasteiger partial charge < -0.3 is 21.3 Å². The van der Waals surface area contributed by atoms with Gasteiger partial charge in [-0.05, 0) is 94.1 Å². The van der Waals surface area contributed by atoms with Gasteiger partial charge in [0.2, 0.25) is 11.8 Å². The van der Waals surface area contributed by atoms with E-state index in [0.717, 1.165) is 31.7 Å². The lowest BCUT2D eigenvalue weighted by Crippen LogP contribution is -2.44. The van der Waals surface area contributed by atoms with Gasteiger partial charge in [-0.1, -0.05) is 0 Å². The van der Waals surface area contributed by atoms with Crippen LogP contribution in [0.15, 0.2) is 12.1 Å². The van der Waals surface area contributed by atoms with Gasteiger partial charge in [-0.3, -0.25) is 9.59 Å². The van der Waals surface area contributed by atoms with Crippen LogP contribution in [0.1, 0.15) is 49.7 Å². The van der Waals surface area contributed by atoms with Crippen molar-refractivity contribution >= 4 is 17.5 Å². The Balaban J connectivity index is 1.79. The molecule has 2 fully saturated rings. The zero-order valence-electron chi connectivity index (χ0n) is 19.8. The highest BCUT2D eigenvalue weighted by Gasteiger charge is 2.46. The summed E-state index contributed by atoms with van der Waals surface area (Å²) in [4.78, 5) is 27.1. The summed E-state index contributed by atoms with van der Waals surface area (Å²) in [5.41, 5.74) is 7.11. The SMILES string of the molecule is C[C@H](C(=O)NCC(F)(F)F)c1cc(F)c(NC(=O)[C@@H](N)C(C2CC2)C2CC2)cc1CCN(C)C. The van der Waals surface area contributed by atoms with Gasteiger partial charge in [0.25, 0.3) is 0 Å². The third-order valence-corrected chi connectivity index (χ3v) is 6.69. The van der Waals surface area contributed by atoms with Gasteiger partial charge in [-0.25, -0.2) is 4.39 Å². The van der Waals surface area contributed by atoms with Crippen LogP contribution in [0.25, 0.3) is 0 Å². The second-order valence-electron chi connectivity index (χ2n) is 9.91. The fourth-order valence-corrected chi connectivity index (χ4v) is 4.50. The minimum absolute atomic E-state index is 0.0359. The number of nitrogens with one attached hydrogen (secondary N) is 2. The second kappa shape index (κ2) is 10.6. The van der Waals surface area contributed by atoms with Crippen LogP contribution in [-0.2, 0) is 16.0 Å². The molecule has 0 heterocycles. The predicted molar refractivity (Wildman–Crippen MR) is 122 cm³/mol. The Morgan fingerprint density at radius 3 is 2.21 bits per heavy atom. The quantitative estimate of drug-likeness (QED) is 0.419. The van der Waals surface area contributed by atoms with Crippen molar-refractivity contribution in [2.75, 3.05) is 32.5 Å². The molecule has 2 aliphatic rings. The van der Waals surface area contributed by atoms with Crippen molar-refractivity contribution in [3.05, 3.63) is 29.1 Å². The highest BCUT2D eigenvalue weighted by molar-refractivity contribution is 5.95. The summed E-state index contributed by atoms with van der Waals surface area (Å²) < 4.78 is 52.5. The van der Waals surface area contributed by atoms with Crippen LogP contribution in [0.3, 0.4) is 0 Å². The Morgan fingerprint density at radius 1 is 1.12 bits per heavy atom. The summed E-state index contributed by atoms with van der Waals surface area (Å²) in [5, 5.41) is 4.48. The van der Waals surface area contributed by atoms with Gasteiger partial charge in [-0.15, -0.1) is 0 Å². The van der Waals surface area contributed by atoms with Gasteiger partial charge in [0.15, 0.2) is 0 Å². The number of carbonyl (C=O) groups excluding carboxylic acids is 2. The molecule has 0 unspecified atom stereocenters. The lowest BCUT2D eigenvalue weighted by atomic mass is 9.89. The summed E-state index contributed by atoms with van der Waals surface area (Å²) in [5.74, 6) is -2.04. The summed E-state index contributed by atoms with van der Waals surface area (Å²) >= 11 is 0.